The van der Waals surface area contributed by atoms with E-state index in [4.69, 9.17) is 0 Å². The largest absolute Gasteiger partial charge is 0.310 e. The van der Waals surface area contributed by atoms with Gasteiger partial charge in [0.1, 0.15) is 0 Å². The summed E-state index contributed by atoms with van der Waals surface area (Å²) in [5, 5.41) is 7.55. The first-order valence-corrected chi connectivity index (χ1v) is 20.9. The van der Waals surface area contributed by atoms with Crippen molar-refractivity contribution in [2.75, 3.05) is 9.80 Å². The first kappa shape index (κ1) is 34.8. The maximum absolute atomic E-state index is 2.46. The van der Waals surface area contributed by atoms with Gasteiger partial charge in [0.2, 0.25) is 0 Å². The molecule has 0 amide bonds. The maximum atomic E-state index is 2.46. The van der Waals surface area contributed by atoms with Crippen molar-refractivity contribution in [2.45, 2.75) is 0 Å². The summed E-state index contributed by atoms with van der Waals surface area (Å²) in [6.45, 7) is 0. The Kier molecular flexibility index (Phi) is 8.72. The molecule has 0 aliphatic rings. The summed E-state index contributed by atoms with van der Waals surface area (Å²) in [5.41, 5.74) is 11.6. The van der Waals surface area contributed by atoms with Crippen LogP contribution in [-0.4, -0.2) is 0 Å². The number of hydrogen-bond donors (Lipinski definition) is 0. The summed E-state index contributed by atoms with van der Waals surface area (Å²) in [4.78, 5) is 4.82. The molecule has 278 valence electrons. The van der Waals surface area contributed by atoms with Crippen LogP contribution in [0.3, 0.4) is 0 Å². The van der Waals surface area contributed by atoms with Crippen LogP contribution in [-0.2, 0) is 0 Å². The van der Waals surface area contributed by atoms with Gasteiger partial charge >= 0.3 is 0 Å². The van der Waals surface area contributed by atoms with Crippen molar-refractivity contribution in [3.05, 3.63) is 231 Å². The minimum Gasteiger partial charge on any atom is -0.310 e. The van der Waals surface area contributed by atoms with E-state index >= 15 is 0 Å². The number of rotatable bonds is 8. The fourth-order valence-corrected chi connectivity index (χ4v) is 10.0. The van der Waals surface area contributed by atoms with Gasteiger partial charge in [-0.2, -0.15) is 0 Å². The molecule has 1 heterocycles. The molecule has 0 unspecified atom stereocenters. The van der Waals surface area contributed by atoms with E-state index in [1.807, 2.05) is 11.3 Å². The molecule has 11 rings (SSSR count). The molecule has 0 fully saturated rings. The minimum absolute atomic E-state index is 1.10. The van der Waals surface area contributed by atoms with Crippen molar-refractivity contribution < 1.29 is 0 Å². The van der Waals surface area contributed by atoms with E-state index in [0.29, 0.717) is 0 Å². The molecule has 59 heavy (non-hydrogen) atoms. The molecule has 11 aromatic rings. The van der Waals surface area contributed by atoms with Crippen LogP contribution >= 0.6 is 11.3 Å². The highest BCUT2D eigenvalue weighted by molar-refractivity contribution is 7.26. The van der Waals surface area contributed by atoms with Crippen molar-refractivity contribution in [1.82, 2.24) is 0 Å². The van der Waals surface area contributed by atoms with Gasteiger partial charge in [-0.05, 0) is 88.1 Å². The van der Waals surface area contributed by atoms with Crippen LogP contribution < -0.4 is 9.80 Å². The van der Waals surface area contributed by atoms with Gasteiger partial charge in [-0.25, -0.2) is 0 Å². The number of hydrogen-bond acceptors (Lipinski definition) is 3. The lowest BCUT2D eigenvalue weighted by molar-refractivity contribution is 1.29. The zero-order valence-corrected chi connectivity index (χ0v) is 33.1. The molecular formula is C56H38N2S. The summed E-state index contributed by atoms with van der Waals surface area (Å²) < 4.78 is 2.60. The molecule has 0 saturated heterocycles. The van der Waals surface area contributed by atoms with E-state index in [1.165, 1.54) is 64.1 Å². The summed E-state index contributed by atoms with van der Waals surface area (Å²) in [6.07, 6.45) is 0. The van der Waals surface area contributed by atoms with Crippen LogP contribution in [0.2, 0.25) is 0 Å². The lowest BCUT2D eigenvalue weighted by Crippen LogP contribution is -2.12. The Balaban J connectivity index is 1.05. The number of fused-ring (bicyclic) bond motifs is 6. The molecule has 3 heteroatoms. The minimum atomic E-state index is 1.10. The molecule has 0 aliphatic heterocycles. The number of para-hydroxylation sites is 2. The summed E-state index contributed by atoms with van der Waals surface area (Å²) in [6, 6.07) is 83.4. The Morgan fingerprint density at radius 3 is 1.44 bits per heavy atom. The predicted molar refractivity (Wildman–Crippen MR) is 255 cm³/mol. The van der Waals surface area contributed by atoms with Gasteiger partial charge < -0.3 is 9.80 Å². The zero-order chi connectivity index (χ0) is 39.1. The maximum Gasteiger partial charge on any atom is 0.0633 e. The Morgan fingerprint density at radius 1 is 0.305 bits per heavy atom. The molecule has 0 saturated carbocycles. The Bertz CT molecular complexity index is 3240. The second-order valence-corrected chi connectivity index (χ2v) is 15.9. The molecule has 1 aromatic heterocycles. The highest BCUT2D eigenvalue weighted by Gasteiger charge is 2.25. The first-order chi connectivity index (χ1) is 29.3. The molecular weight excluding hydrogens is 733 g/mol. The van der Waals surface area contributed by atoms with Gasteiger partial charge in [0, 0.05) is 59.3 Å². The van der Waals surface area contributed by atoms with E-state index in [2.05, 4.69) is 240 Å². The van der Waals surface area contributed by atoms with E-state index < -0.39 is 0 Å². The number of benzene rings is 10. The standard InChI is InChI=1S/C56H38N2S/c1-4-18-42(19-5-1)53-55(49-27-13-12-26-48(49)54-50-28-14-15-30-52(50)59-56(53)54)58(44-23-8-3-9-24-44)46-37-33-40(34-38-46)39-31-35-45(36-32-39)57(43-21-6-2-7-22-43)51-29-16-20-41-17-10-11-25-47(41)51/h1-38H. The highest BCUT2D eigenvalue weighted by atomic mass is 32.1. The van der Waals surface area contributed by atoms with Crippen molar-refractivity contribution in [3.8, 4) is 22.3 Å². The second-order valence-electron chi connectivity index (χ2n) is 14.9. The predicted octanol–water partition coefficient (Wildman–Crippen LogP) is 16.6. The molecule has 10 aromatic carbocycles. The topological polar surface area (TPSA) is 6.48 Å². The lowest BCUT2D eigenvalue weighted by atomic mass is 9.93. The monoisotopic (exact) mass is 770 g/mol. The molecule has 0 aliphatic carbocycles. The van der Waals surface area contributed by atoms with E-state index in [9.17, 15) is 0 Å². The molecule has 0 spiro atoms. The summed E-state index contributed by atoms with van der Waals surface area (Å²) >= 11 is 1.89. The molecule has 0 N–H and O–H groups in total. The average molecular weight is 771 g/mol. The van der Waals surface area contributed by atoms with Crippen LogP contribution in [0, 0.1) is 0 Å². The summed E-state index contributed by atoms with van der Waals surface area (Å²) in [7, 11) is 0. The van der Waals surface area contributed by atoms with Gasteiger partial charge in [-0.1, -0.05) is 170 Å². The molecule has 0 atom stereocenters. The number of thiophene rings is 1. The Hall–Kier alpha value is -7.46. The molecule has 0 bridgehead atoms. The fourth-order valence-electron chi connectivity index (χ4n) is 8.74. The Labute approximate surface area is 348 Å². The third-order valence-corrected chi connectivity index (χ3v) is 12.6. The second kappa shape index (κ2) is 14.8. The SMILES string of the molecule is c1ccc(-c2c(N(c3ccccc3)c3ccc(-c4ccc(N(c5ccccc5)c5cccc6ccccc56)cc4)cc3)c3ccccc3c3c2sc2ccccc23)cc1. The van der Waals surface area contributed by atoms with Crippen LogP contribution in [0.15, 0.2) is 231 Å². The van der Waals surface area contributed by atoms with Gasteiger partial charge in [-0.3, -0.25) is 0 Å². The molecule has 0 radical (unpaired) electrons. The van der Waals surface area contributed by atoms with E-state index in [1.54, 1.807) is 0 Å². The van der Waals surface area contributed by atoms with Crippen molar-refractivity contribution in [1.29, 1.82) is 0 Å². The fraction of sp³-hybridized carbons (Fsp3) is 0. The number of nitrogens with zero attached hydrogens (tertiary/aromatic N) is 2. The van der Waals surface area contributed by atoms with E-state index in [0.717, 1.165) is 34.0 Å². The van der Waals surface area contributed by atoms with Crippen molar-refractivity contribution in [2.24, 2.45) is 0 Å². The Morgan fingerprint density at radius 2 is 0.780 bits per heavy atom. The first-order valence-electron chi connectivity index (χ1n) is 20.1. The van der Waals surface area contributed by atoms with Gasteiger partial charge in [0.05, 0.1) is 11.4 Å². The third-order valence-electron chi connectivity index (χ3n) is 11.4. The zero-order valence-electron chi connectivity index (χ0n) is 32.2. The lowest BCUT2D eigenvalue weighted by Gasteiger charge is -2.30. The van der Waals surface area contributed by atoms with Crippen LogP contribution in [0.1, 0.15) is 0 Å². The van der Waals surface area contributed by atoms with Crippen molar-refractivity contribution >= 4 is 87.2 Å². The van der Waals surface area contributed by atoms with Gasteiger partial charge in [0.25, 0.3) is 0 Å². The quantitative estimate of drug-likeness (QED) is 0.152. The number of anilines is 6. The van der Waals surface area contributed by atoms with Gasteiger partial charge in [0.15, 0.2) is 0 Å². The van der Waals surface area contributed by atoms with Gasteiger partial charge in [-0.15, -0.1) is 11.3 Å². The van der Waals surface area contributed by atoms with Crippen LogP contribution in [0.25, 0.3) is 64.0 Å². The highest BCUT2D eigenvalue weighted by Crippen LogP contribution is 2.53. The van der Waals surface area contributed by atoms with Crippen LogP contribution in [0.4, 0.5) is 34.1 Å². The average Bonchev–Trinajstić information content (AvgIpc) is 3.70. The van der Waals surface area contributed by atoms with Crippen LogP contribution in [0.5, 0.6) is 0 Å². The van der Waals surface area contributed by atoms with Crippen molar-refractivity contribution in [3.63, 3.8) is 0 Å². The molecule has 2 nitrogen and oxygen atoms in total. The summed E-state index contributed by atoms with van der Waals surface area (Å²) in [5.74, 6) is 0. The normalized spacial score (nSPS) is 11.4. The van der Waals surface area contributed by atoms with E-state index in [-0.39, 0.29) is 0 Å². The third kappa shape index (κ3) is 6.12. The smallest absolute Gasteiger partial charge is 0.0633 e.